The summed E-state index contributed by atoms with van der Waals surface area (Å²) >= 11 is 0. The molecule has 7 nitrogen and oxygen atoms in total. The third kappa shape index (κ3) is 4.57. The molecule has 4 N–H and O–H groups in total. The average Bonchev–Trinajstić information content (AvgIpc) is 2.87. The molecular weight excluding hydrogens is 262 g/mol. The molecule has 20 heavy (non-hydrogen) atoms. The number of nitrogens with one attached hydrogen (secondary N) is 2. The molecule has 0 saturated carbocycles. The Morgan fingerprint density at radius 1 is 1.30 bits per heavy atom. The third-order valence-electron chi connectivity index (χ3n) is 3.00. The second kappa shape index (κ2) is 7.35. The summed E-state index contributed by atoms with van der Waals surface area (Å²) in [5.41, 5.74) is 5.52. The molecule has 0 aromatic heterocycles. The number of ketones is 2. The van der Waals surface area contributed by atoms with Gasteiger partial charge in [0.2, 0.25) is 6.10 Å². The SMILES string of the molecule is CC(C)NC(=O)OC(C(=O)[C@H](C)N)C(=O)[C@H]1CCCN1. The van der Waals surface area contributed by atoms with Crippen molar-refractivity contribution < 1.29 is 19.1 Å². The summed E-state index contributed by atoms with van der Waals surface area (Å²) in [7, 11) is 0. The Balaban J connectivity index is 2.76. The van der Waals surface area contributed by atoms with Crippen LogP contribution >= 0.6 is 0 Å². The minimum absolute atomic E-state index is 0.145. The van der Waals surface area contributed by atoms with E-state index in [4.69, 9.17) is 10.5 Å². The van der Waals surface area contributed by atoms with Crippen LogP contribution in [0.2, 0.25) is 0 Å². The topological polar surface area (TPSA) is 111 Å². The van der Waals surface area contributed by atoms with Gasteiger partial charge in [-0.3, -0.25) is 9.59 Å². The molecule has 0 aromatic rings. The molecule has 1 saturated heterocycles. The van der Waals surface area contributed by atoms with Crippen LogP contribution in [0.1, 0.15) is 33.6 Å². The van der Waals surface area contributed by atoms with Gasteiger partial charge in [0, 0.05) is 6.04 Å². The predicted molar refractivity (Wildman–Crippen MR) is 73.2 cm³/mol. The quantitative estimate of drug-likeness (QED) is 0.579. The van der Waals surface area contributed by atoms with Crippen molar-refractivity contribution in [2.75, 3.05) is 6.54 Å². The lowest BCUT2D eigenvalue weighted by molar-refractivity contribution is -0.140. The van der Waals surface area contributed by atoms with Crippen molar-refractivity contribution in [2.24, 2.45) is 5.73 Å². The van der Waals surface area contributed by atoms with Crippen molar-refractivity contribution in [3.05, 3.63) is 0 Å². The zero-order valence-electron chi connectivity index (χ0n) is 12.1. The Kier molecular flexibility index (Phi) is 6.09. The number of rotatable bonds is 6. The number of carbonyl (C=O) groups excluding carboxylic acids is 3. The summed E-state index contributed by atoms with van der Waals surface area (Å²) in [6, 6.07) is -1.46. The smallest absolute Gasteiger partial charge is 0.408 e. The van der Waals surface area contributed by atoms with Gasteiger partial charge in [-0.05, 0) is 40.2 Å². The van der Waals surface area contributed by atoms with Crippen LogP contribution in [0.25, 0.3) is 0 Å². The first-order chi connectivity index (χ1) is 9.32. The van der Waals surface area contributed by atoms with Gasteiger partial charge in [-0.1, -0.05) is 0 Å². The molecule has 3 atom stereocenters. The number of nitrogens with two attached hydrogens (primary N) is 1. The van der Waals surface area contributed by atoms with Gasteiger partial charge in [-0.2, -0.15) is 0 Å². The van der Waals surface area contributed by atoms with Gasteiger partial charge in [0.25, 0.3) is 0 Å². The lowest BCUT2D eigenvalue weighted by Gasteiger charge is -2.21. The predicted octanol–water partition coefficient (Wildman–Crippen LogP) is -0.273. The summed E-state index contributed by atoms with van der Waals surface area (Å²) < 4.78 is 4.99. The maximum Gasteiger partial charge on any atom is 0.408 e. The maximum absolute atomic E-state index is 12.3. The van der Waals surface area contributed by atoms with Gasteiger partial charge >= 0.3 is 6.09 Å². The van der Waals surface area contributed by atoms with Crippen molar-refractivity contribution in [3.8, 4) is 0 Å². The van der Waals surface area contributed by atoms with Crippen LogP contribution in [0.5, 0.6) is 0 Å². The fourth-order valence-electron chi connectivity index (χ4n) is 1.98. The minimum Gasteiger partial charge on any atom is -0.430 e. The summed E-state index contributed by atoms with van der Waals surface area (Å²) in [6.45, 7) is 5.69. The molecule has 0 aliphatic carbocycles. The number of carbonyl (C=O) groups is 3. The number of ether oxygens (including phenoxy) is 1. The van der Waals surface area contributed by atoms with Gasteiger partial charge in [0.1, 0.15) is 0 Å². The van der Waals surface area contributed by atoms with Crippen molar-refractivity contribution >= 4 is 17.7 Å². The van der Waals surface area contributed by atoms with Crippen molar-refractivity contribution in [1.29, 1.82) is 0 Å². The van der Waals surface area contributed by atoms with E-state index in [-0.39, 0.29) is 6.04 Å². The van der Waals surface area contributed by atoms with Crippen LogP contribution in [0.4, 0.5) is 4.79 Å². The van der Waals surface area contributed by atoms with E-state index in [1.807, 2.05) is 0 Å². The van der Waals surface area contributed by atoms with E-state index in [1.54, 1.807) is 13.8 Å². The van der Waals surface area contributed by atoms with E-state index in [9.17, 15) is 14.4 Å². The van der Waals surface area contributed by atoms with Gasteiger partial charge in [0.05, 0.1) is 12.1 Å². The standard InChI is InChI=1S/C13H23N3O4/c1-7(2)16-13(19)20-12(10(17)8(3)14)11(18)9-5-4-6-15-9/h7-9,12,15H,4-6,14H2,1-3H3,(H,16,19)/t8-,9+,12?/m0/s1. The van der Waals surface area contributed by atoms with Crippen molar-refractivity contribution in [3.63, 3.8) is 0 Å². The normalized spacial score (nSPS) is 21.4. The molecule has 114 valence electrons. The van der Waals surface area contributed by atoms with E-state index in [0.717, 1.165) is 6.42 Å². The Morgan fingerprint density at radius 3 is 2.40 bits per heavy atom. The number of hydrogen-bond acceptors (Lipinski definition) is 6. The minimum atomic E-state index is -1.44. The van der Waals surface area contributed by atoms with Crippen LogP contribution in [0.3, 0.4) is 0 Å². The zero-order valence-corrected chi connectivity index (χ0v) is 12.1. The lowest BCUT2D eigenvalue weighted by atomic mass is 9.99. The number of amides is 1. The molecule has 0 radical (unpaired) electrons. The largest absolute Gasteiger partial charge is 0.430 e. The first kappa shape index (κ1) is 16.6. The molecule has 1 fully saturated rings. The molecule has 1 unspecified atom stereocenters. The molecule has 1 amide bonds. The first-order valence-corrected chi connectivity index (χ1v) is 6.86. The Bertz CT molecular complexity index is 376. The number of Topliss-reactive ketones (excluding diaryl/α,β-unsaturated/α-hetero) is 2. The van der Waals surface area contributed by atoms with Gasteiger partial charge in [-0.25, -0.2) is 4.79 Å². The van der Waals surface area contributed by atoms with Gasteiger partial charge in [-0.15, -0.1) is 0 Å². The molecule has 1 aliphatic heterocycles. The Hall–Kier alpha value is -1.47. The van der Waals surface area contributed by atoms with Crippen LogP contribution in [0.15, 0.2) is 0 Å². The van der Waals surface area contributed by atoms with E-state index in [0.29, 0.717) is 13.0 Å². The molecular formula is C13H23N3O4. The van der Waals surface area contributed by atoms with Crippen LogP contribution in [0, 0.1) is 0 Å². The fourth-order valence-corrected chi connectivity index (χ4v) is 1.98. The summed E-state index contributed by atoms with van der Waals surface area (Å²) in [4.78, 5) is 35.9. The van der Waals surface area contributed by atoms with E-state index in [2.05, 4.69) is 10.6 Å². The lowest BCUT2D eigenvalue weighted by Crippen LogP contribution is -2.50. The Morgan fingerprint density at radius 2 is 1.95 bits per heavy atom. The van der Waals surface area contributed by atoms with Gasteiger partial charge in [0.15, 0.2) is 11.6 Å². The van der Waals surface area contributed by atoms with E-state index >= 15 is 0 Å². The average molecular weight is 285 g/mol. The first-order valence-electron chi connectivity index (χ1n) is 6.86. The van der Waals surface area contributed by atoms with E-state index in [1.165, 1.54) is 6.92 Å². The van der Waals surface area contributed by atoms with Crippen molar-refractivity contribution in [2.45, 2.75) is 57.8 Å². The third-order valence-corrected chi connectivity index (χ3v) is 3.00. The summed E-state index contributed by atoms with van der Waals surface area (Å²) in [5, 5.41) is 5.48. The number of hydrogen-bond donors (Lipinski definition) is 3. The van der Waals surface area contributed by atoms with E-state index < -0.39 is 35.8 Å². The highest BCUT2D eigenvalue weighted by molar-refractivity contribution is 6.10. The molecule has 0 aromatic carbocycles. The molecule has 0 bridgehead atoms. The monoisotopic (exact) mass is 285 g/mol. The molecule has 1 heterocycles. The van der Waals surface area contributed by atoms with Crippen LogP contribution < -0.4 is 16.4 Å². The number of alkyl carbamates (subject to hydrolysis) is 1. The molecule has 7 heteroatoms. The molecule has 0 spiro atoms. The molecule has 1 rings (SSSR count). The highest BCUT2D eigenvalue weighted by atomic mass is 16.6. The van der Waals surface area contributed by atoms with Crippen LogP contribution in [-0.4, -0.2) is 48.4 Å². The zero-order chi connectivity index (χ0) is 15.3. The highest BCUT2D eigenvalue weighted by Gasteiger charge is 2.37. The summed E-state index contributed by atoms with van der Waals surface area (Å²) in [6.07, 6.45) is -0.737. The maximum atomic E-state index is 12.3. The second-order valence-corrected chi connectivity index (χ2v) is 5.33. The summed E-state index contributed by atoms with van der Waals surface area (Å²) in [5.74, 6) is -1.01. The second-order valence-electron chi connectivity index (χ2n) is 5.33. The molecule has 1 aliphatic rings. The fraction of sp³-hybridized carbons (Fsp3) is 0.769. The van der Waals surface area contributed by atoms with Gasteiger partial charge < -0.3 is 21.1 Å². The van der Waals surface area contributed by atoms with Crippen LogP contribution in [-0.2, 0) is 14.3 Å². The Labute approximate surface area is 118 Å². The highest BCUT2D eigenvalue weighted by Crippen LogP contribution is 2.12. The van der Waals surface area contributed by atoms with Crippen molar-refractivity contribution in [1.82, 2.24) is 10.6 Å².